The molecule has 4 nitrogen and oxygen atoms in total. The summed E-state index contributed by atoms with van der Waals surface area (Å²) in [5.41, 5.74) is 7.33. The van der Waals surface area contributed by atoms with Gasteiger partial charge in [-0.05, 0) is 31.5 Å². The second kappa shape index (κ2) is 8.41. The molecule has 0 spiro atoms. The SMILES string of the molecule is CCOc1c(OCc2ccccc2)cccc1C(O)CCN. The molecule has 0 aliphatic rings. The lowest BCUT2D eigenvalue weighted by molar-refractivity contribution is 0.162. The van der Waals surface area contributed by atoms with Gasteiger partial charge in [0, 0.05) is 5.56 Å². The number of hydrogen-bond acceptors (Lipinski definition) is 4. The second-order valence-corrected chi connectivity index (χ2v) is 4.97. The largest absolute Gasteiger partial charge is 0.490 e. The molecule has 0 amide bonds. The monoisotopic (exact) mass is 301 g/mol. The molecule has 0 heterocycles. The van der Waals surface area contributed by atoms with Gasteiger partial charge < -0.3 is 20.3 Å². The number of para-hydroxylation sites is 1. The Morgan fingerprint density at radius 1 is 1.05 bits per heavy atom. The molecule has 4 heteroatoms. The summed E-state index contributed by atoms with van der Waals surface area (Å²) in [6.07, 6.45) is -0.158. The minimum Gasteiger partial charge on any atom is -0.490 e. The van der Waals surface area contributed by atoms with Crippen molar-refractivity contribution in [1.82, 2.24) is 0 Å². The van der Waals surface area contributed by atoms with Gasteiger partial charge in [-0.3, -0.25) is 0 Å². The van der Waals surface area contributed by atoms with Crippen LogP contribution < -0.4 is 15.2 Å². The normalized spacial score (nSPS) is 12.0. The predicted molar refractivity (Wildman–Crippen MR) is 87.0 cm³/mol. The molecule has 2 rings (SSSR count). The number of rotatable bonds is 8. The maximum atomic E-state index is 10.2. The molecule has 2 aromatic carbocycles. The van der Waals surface area contributed by atoms with Crippen LogP contribution in [-0.2, 0) is 6.61 Å². The number of hydrogen-bond donors (Lipinski definition) is 2. The van der Waals surface area contributed by atoms with Crippen LogP contribution in [-0.4, -0.2) is 18.3 Å². The van der Waals surface area contributed by atoms with Crippen molar-refractivity contribution >= 4 is 0 Å². The lowest BCUT2D eigenvalue weighted by atomic mass is 10.0. The fourth-order valence-corrected chi connectivity index (χ4v) is 2.26. The number of benzene rings is 2. The van der Waals surface area contributed by atoms with Crippen LogP contribution >= 0.6 is 0 Å². The van der Waals surface area contributed by atoms with E-state index in [-0.39, 0.29) is 0 Å². The maximum Gasteiger partial charge on any atom is 0.166 e. The fourth-order valence-electron chi connectivity index (χ4n) is 2.26. The second-order valence-electron chi connectivity index (χ2n) is 4.97. The van der Waals surface area contributed by atoms with E-state index in [0.29, 0.717) is 37.7 Å². The van der Waals surface area contributed by atoms with Crippen molar-refractivity contribution in [1.29, 1.82) is 0 Å². The number of ether oxygens (including phenoxy) is 2. The summed E-state index contributed by atoms with van der Waals surface area (Å²) >= 11 is 0. The zero-order valence-electron chi connectivity index (χ0n) is 12.9. The summed E-state index contributed by atoms with van der Waals surface area (Å²) in [6.45, 7) is 3.29. The summed E-state index contributed by atoms with van der Waals surface area (Å²) in [5.74, 6) is 1.24. The number of nitrogens with two attached hydrogens (primary N) is 1. The topological polar surface area (TPSA) is 64.7 Å². The van der Waals surface area contributed by atoms with Crippen molar-refractivity contribution in [2.45, 2.75) is 26.1 Å². The lowest BCUT2D eigenvalue weighted by Crippen LogP contribution is -2.09. The third-order valence-corrected chi connectivity index (χ3v) is 3.33. The molecule has 0 aliphatic carbocycles. The lowest BCUT2D eigenvalue weighted by Gasteiger charge is -2.18. The molecule has 2 aromatic rings. The Morgan fingerprint density at radius 3 is 2.50 bits per heavy atom. The van der Waals surface area contributed by atoms with E-state index in [1.54, 1.807) is 0 Å². The third kappa shape index (κ3) is 4.23. The van der Waals surface area contributed by atoms with E-state index in [1.165, 1.54) is 0 Å². The van der Waals surface area contributed by atoms with Crippen molar-refractivity contribution in [2.75, 3.05) is 13.2 Å². The highest BCUT2D eigenvalue weighted by atomic mass is 16.5. The first-order chi connectivity index (χ1) is 10.8. The van der Waals surface area contributed by atoms with Gasteiger partial charge in [0.2, 0.25) is 0 Å². The molecule has 0 aromatic heterocycles. The standard InChI is InChI=1S/C18H23NO3/c1-2-21-18-15(16(20)11-12-19)9-6-10-17(18)22-13-14-7-4-3-5-8-14/h3-10,16,20H,2,11-13,19H2,1H3. The van der Waals surface area contributed by atoms with Gasteiger partial charge in [-0.25, -0.2) is 0 Å². The van der Waals surface area contributed by atoms with E-state index in [0.717, 1.165) is 11.1 Å². The van der Waals surface area contributed by atoms with Crippen LogP contribution in [0.3, 0.4) is 0 Å². The summed E-state index contributed by atoms with van der Waals surface area (Å²) < 4.78 is 11.6. The fraction of sp³-hybridized carbons (Fsp3) is 0.333. The first-order valence-electron chi connectivity index (χ1n) is 7.56. The van der Waals surface area contributed by atoms with Crippen molar-refractivity contribution in [2.24, 2.45) is 5.73 Å². The molecule has 1 atom stereocenters. The van der Waals surface area contributed by atoms with Crippen LogP contribution in [0.2, 0.25) is 0 Å². The average Bonchev–Trinajstić information content (AvgIpc) is 2.55. The van der Waals surface area contributed by atoms with Crippen LogP contribution in [0.25, 0.3) is 0 Å². The van der Waals surface area contributed by atoms with Gasteiger partial charge in [-0.15, -0.1) is 0 Å². The number of aliphatic hydroxyl groups excluding tert-OH is 1. The van der Waals surface area contributed by atoms with Gasteiger partial charge in [-0.1, -0.05) is 42.5 Å². The Kier molecular flexibility index (Phi) is 6.25. The highest BCUT2D eigenvalue weighted by molar-refractivity contribution is 5.47. The van der Waals surface area contributed by atoms with Crippen molar-refractivity contribution in [3.8, 4) is 11.5 Å². The molecular weight excluding hydrogens is 278 g/mol. The van der Waals surface area contributed by atoms with Gasteiger partial charge in [0.25, 0.3) is 0 Å². The van der Waals surface area contributed by atoms with E-state index in [4.69, 9.17) is 15.2 Å². The molecule has 0 bridgehead atoms. The van der Waals surface area contributed by atoms with Gasteiger partial charge in [-0.2, -0.15) is 0 Å². The van der Waals surface area contributed by atoms with Crippen LogP contribution in [0.5, 0.6) is 11.5 Å². The molecule has 0 saturated carbocycles. The molecule has 0 radical (unpaired) electrons. The first-order valence-corrected chi connectivity index (χ1v) is 7.56. The van der Waals surface area contributed by atoms with Crippen LogP contribution in [0.4, 0.5) is 0 Å². The summed E-state index contributed by atoms with van der Waals surface area (Å²) in [5, 5.41) is 10.2. The highest BCUT2D eigenvalue weighted by Crippen LogP contribution is 2.36. The Labute approximate surface area is 131 Å². The first kappa shape index (κ1) is 16.3. The van der Waals surface area contributed by atoms with E-state index in [2.05, 4.69) is 0 Å². The Bertz CT molecular complexity index is 572. The van der Waals surface area contributed by atoms with Crippen molar-refractivity contribution < 1.29 is 14.6 Å². The van der Waals surface area contributed by atoms with Crippen LogP contribution in [0.15, 0.2) is 48.5 Å². The Balaban J connectivity index is 2.20. The molecular formula is C18H23NO3. The summed E-state index contributed by atoms with van der Waals surface area (Å²) in [4.78, 5) is 0. The van der Waals surface area contributed by atoms with Crippen molar-refractivity contribution in [3.05, 3.63) is 59.7 Å². The molecule has 3 N–H and O–H groups in total. The van der Waals surface area contributed by atoms with Gasteiger partial charge >= 0.3 is 0 Å². The zero-order valence-corrected chi connectivity index (χ0v) is 12.9. The Morgan fingerprint density at radius 2 is 1.82 bits per heavy atom. The third-order valence-electron chi connectivity index (χ3n) is 3.33. The minimum atomic E-state index is -0.646. The molecule has 0 fully saturated rings. The van der Waals surface area contributed by atoms with E-state index in [9.17, 15) is 5.11 Å². The van der Waals surface area contributed by atoms with E-state index < -0.39 is 6.10 Å². The molecule has 118 valence electrons. The van der Waals surface area contributed by atoms with Crippen LogP contribution in [0.1, 0.15) is 30.6 Å². The predicted octanol–water partition coefficient (Wildman–Crippen LogP) is 3.05. The molecule has 1 unspecified atom stereocenters. The summed E-state index contributed by atoms with van der Waals surface area (Å²) in [6, 6.07) is 15.5. The highest BCUT2D eigenvalue weighted by Gasteiger charge is 2.17. The van der Waals surface area contributed by atoms with Gasteiger partial charge in [0.05, 0.1) is 12.7 Å². The number of aliphatic hydroxyl groups is 1. The molecule has 0 saturated heterocycles. The average molecular weight is 301 g/mol. The van der Waals surface area contributed by atoms with Gasteiger partial charge in [0.15, 0.2) is 11.5 Å². The van der Waals surface area contributed by atoms with Crippen molar-refractivity contribution in [3.63, 3.8) is 0 Å². The zero-order chi connectivity index (χ0) is 15.8. The quantitative estimate of drug-likeness (QED) is 0.786. The van der Waals surface area contributed by atoms with E-state index >= 15 is 0 Å². The van der Waals surface area contributed by atoms with E-state index in [1.807, 2.05) is 55.5 Å². The van der Waals surface area contributed by atoms with Crippen LogP contribution in [0, 0.1) is 0 Å². The smallest absolute Gasteiger partial charge is 0.166 e. The molecule has 0 aliphatic heterocycles. The van der Waals surface area contributed by atoms with Gasteiger partial charge in [0.1, 0.15) is 6.61 Å². The summed E-state index contributed by atoms with van der Waals surface area (Å²) in [7, 11) is 0. The maximum absolute atomic E-state index is 10.2. The minimum absolute atomic E-state index is 0.418. The molecule has 22 heavy (non-hydrogen) atoms. The Hall–Kier alpha value is -2.04.